The number of nitrogens with two attached hydrogens (primary N) is 1. The summed E-state index contributed by atoms with van der Waals surface area (Å²) in [7, 11) is 0. The van der Waals surface area contributed by atoms with E-state index >= 15 is 0 Å². The molecule has 2 saturated carbocycles. The molecule has 0 aromatic carbocycles. The third kappa shape index (κ3) is 0.820. The average molecular weight is 216 g/mol. The Labute approximate surface area is 90.2 Å². The van der Waals surface area contributed by atoms with Gasteiger partial charge in [0.25, 0.3) is 0 Å². The summed E-state index contributed by atoms with van der Waals surface area (Å²) in [4.78, 5) is 10.7. The second kappa shape index (κ2) is 2.46. The molecule has 2 N–H and O–H groups in total. The monoisotopic (exact) mass is 215 g/mol. The van der Waals surface area contributed by atoms with Gasteiger partial charge in [0.15, 0.2) is 0 Å². The van der Waals surface area contributed by atoms with Gasteiger partial charge in [0.05, 0.1) is 0 Å². The van der Waals surface area contributed by atoms with Gasteiger partial charge < -0.3 is 5.73 Å². The molecule has 0 aliphatic heterocycles. The van der Waals surface area contributed by atoms with Crippen molar-refractivity contribution < 1.29 is 4.79 Å². The zero-order valence-electron chi connectivity index (χ0n) is 9.06. The lowest BCUT2D eigenvalue weighted by atomic mass is 9.66. The molecule has 0 spiro atoms. The molecule has 3 heteroatoms. The molecule has 2 nitrogen and oxygen atoms in total. The van der Waals surface area contributed by atoms with E-state index < -0.39 is 4.87 Å². The van der Waals surface area contributed by atoms with Crippen LogP contribution in [-0.4, -0.2) is 10.8 Å². The normalized spacial score (nSPS) is 49.6. The predicted molar refractivity (Wildman–Crippen MR) is 57.0 cm³/mol. The largest absolute Gasteiger partial charge is 0.368 e. The smallest absolute Gasteiger partial charge is 0.239 e. The van der Waals surface area contributed by atoms with Crippen molar-refractivity contribution in [2.45, 2.75) is 44.9 Å². The Bertz CT molecular complexity index is 302. The minimum Gasteiger partial charge on any atom is -0.368 e. The van der Waals surface area contributed by atoms with Crippen LogP contribution >= 0.6 is 11.6 Å². The van der Waals surface area contributed by atoms with Gasteiger partial charge in [0.2, 0.25) is 5.91 Å². The molecular formula is C11H18ClNO. The summed E-state index contributed by atoms with van der Waals surface area (Å²) in [5, 5.41) is 0. The Morgan fingerprint density at radius 3 is 2.21 bits per heavy atom. The van der Waals surface area contributed by atoms with E-state index in [0.29, 0.717) is 5.92 Å². The molecule has 2 aliphatic carbocycles. The molecule has 0 radical (unpaired) electrons. The number of hydrogen-bond donors (Lipinski definition) is 1. The maximum absolute atomic E-state index is 11.5. The zero-order chi connectivity index (χ0) is 10.8. The first-order valence-electron chi connectivity index (χ1n) is 5.24. The molecule has 2 rings (SSSR count). The predicted octanol–water partition coefficient (Wildman–Crippen LogP) is 2.30. The molecule has 0 aromatic rings. The summed E-state index contributed by atoms with van der Waals surface area (Å²) in [5.41, 5.74) is 5.47. The van der Waals surface area contributed by atoms with E-state index in [1.807, 2.05) is 0 Å². The van der Waals surface area contributed by atoms with Crippen LogP contribution in [0.25, 0.3) is 0 Å². The fraction of sp³-hybridized carbons (Fsp3) is 0.909. The van der Waals surface area contributed by atoms with Gasteiger partial charge in [-0.05, 0) is 30.6 Å². The van der Waals surface area contributed by atoms with Crippen LogP contribution in [0.4, 0.5) is 0 Å². The van der Waals surface area contributed by atoms with Crippen molar-refractivity contribution in [3.05, 3.63) is 0 Å². The van der Waals surface area contributed by atoms with Crippen molar-refractivity contribution in [3.63, 3.8) is 0 Å². The van der Waals surface area contributed by atoms with Crippen molar-refractivity contribution in [3.8, 4) is 0 Å². The van der Waals surface area contributed by atoms with Crippen molar-refractivity contribution in [1.29, 1.82) is 0 Å². The van der Waals surface area contributed by atoms with Gasteiger partial charge >= 0.3 is 0 Å². The molecule has 0 saturated heterocycles. The number of primary amides is 1. The summed E-state index contributed by atoms with van der Waals surface area (Å²) < 4.78 is 0. The van der Waals surface area contributed by atoms with Crippen LogP contribution in [0.3, 0.4) is 0 Å². The number of hydrogen-bond acceptors (Lipinski definition) is 1. The van der Waals surface area contributed by atoms with Crippen LogP contribution in [0.15, 0.2) is 0 Å². The van der Waals surface area contributed by atoms with Gasteiger partial charge in [-0.25, -0.2) is 0 Å². The number of carbonyl (C=O) groups excluding carboxylic acids is 1. The second-order valence-electron chi connectivity index (χ2n) is 5.66. The third-order valence-electron chi connectivity index (χ3n) is 5.23. The molecule has 2 aliphatic rings. The van der Waals surface area contributed by atoms with Crippen molar-refractivity contribution in [2.75, 3.05) is 0 Å². The number of fused-ring (bicyclic) bond motifs is 2. The highest BCUT2D eigenvalue weighted by Gasteiger charge is 2.70. The summed E-state index contributed by atoms with van der Waals surface area (Å²) in [5.74, 6) is 0.217. The fourth-order valence-corrected chi connectivity index (χ4v) is 4.12. The van der Waals surface area contributed by atoms with Gasteiger partial charge in [0.1, 0.15) is 4.87 Å². The first-order valence-corrected chi connectivity index (χ1v) is 5.62. The Hall–Kier alpha value is -0.240. The van der Waals surface area contributed by atoms with Crippen LogP contribution < -0.4 is 5.73 Å². The molecular weight excluding hydrogens is 198 g/mol. The minimum absolute atomic E-state index is 0.127. The molecule has 0 aromatic heterocycles. The lowest BCUT2D eigenvalue weighted by molar-refractivity contribution is -0.124. The molecule has 1 amide bonds. The van der Waals surface area contributed by atoms with Crippen molar-refractivity contribution in [1.82, 2.24) is 0 Å². The second-order valence-corrected chi connectivity index (χ2v) is 6.30. The van der Waals surface area contributed by atoms with E-state index in [4.69, 9.17) is 17.3 Å². The van der Waals surface area contributed by atoms with Crippen LogP contribution in [0.1, 0.15) is 40.0 Å². The highest BCUT2D eigenvalue weighted by molar-refractivity contribution is 6.35. The summed E-state index contributed by atoms with van der Waals surface area (Å²) >= 11 is 6.45. The lowest BCUT2D eigenvalue weighted by Gasteiger charge is -2.42. The maximum atomic E-state index is 11.5. The molecule has 3 unspecified atom stereocenters. The maximum Gasteiger partial charge on any atom is 0.239 e. The van der Waals surface area contributed by atoms with Crippen LogP contribution in [-0.2, 0) is 4.79 Å². The van der Waals surface area contributed by atoms with Gasteiger partial charge in [0, 0.05) is 5.41 Å². The van der Waals surface area contributed by atoms with Gasteiger partial charge in [-0.15, -0.1) is 11.6 Å². The van der Waals surface area contributed by atoms with Crippen LogP contribution in [0.5, 0.6) is 0 Å². The first kappa shape index (κ1) is 10.3. The minimum atomic E-state index is -0.806. The van der Waals surface area contributed by atoms with E-state index in [9.17, 15) is 4.79 Å². The Kier molecular flexibility index (Phi) is 1.81. The molecule has 80 valence electrons. The van der Waals surface area contributed by atoms with E-state index in [2.05, 4.69) is 20.8 Å². The van der Waals surface area contributed by atoms with Crippen LogP contribution in [0.2, 0.25) is 0 Å². The van der Waals surface area contributed by atoms with Gasteiger partial charge in [-0.2, -0.15) is 0 Å². The standard InChI is InChI=1S/C11H18ClNO/c1-9(2)7-4-5-10(9,3)11(12,6-7)8(13)14/h7H,4-6H2,1-3H3,(H2,13,14). The Morgan fingerprint density at radius 2 is 2.00 bits per heavy atom. The SMILES string of the molecule is CC1(C)C2CCC1(C)C(Cl)(C(N)=O)C2. The molecule has 0 heterocycles. The molecule has 14 heavy (non-hydrogen) atoms. The summed E-state index contributed by atoms with van der Waals surface area (Å²) in [6.07, 6.45) is 2.97. The molecule has 2 bridgehead atoms. The number of rotatable bonds is 1. The van der Waals surface area contributed by atoms with Crippen LogP contribution in [0, 0.1) is 16.7 Å². The van der Waals surface area contributed by atoms with Crippen molar-refractivity contribution in [2.24, 2.45) is 22.5 Å². The summed E-state index contributed by atoms with van der Waals surface area (Å²) in [6, 6.07) is 0. The number of carbonyl (C=O) groups is 1. The fourth-order valence-electron chi connectivity index (χ4n) is 3.60. The topological polar surface area (TPSA) is 43.1 Å². The Balaban J connectivity index is 2.50. The first-order chi connectivity index (χ1) is 6.26. The highest BCUT2D eigenvalue weighted by Crippen LogP contribution is 2.71. The Morgan fingerprint density at radius 1 is 1.43 bits per heavy atom. The summed E-state index contributed by atoms with van der Waals surface area (Å²) in [6.45, 7) is 6.56. The third-order valence-corrected chi connectivity index (χ3v) is 5.99. The number of alkyl halides is 1. The van der Waals surface area contributed by atoms with Crippen molar-refractivity contribution >= 4 is 17.5 Å². The quantitative estimate of drug-likeness (QED) is 0.671. The number of amides is 1. The van der Waals surface area contributed by atoms with Gasteiger partial charge in [-0.1, -0.05) is 20.8 Å². The van der Waals surface area contributed by atoms with Gasteiger partial charge in [-0.3, -0.25) is 4.79 Å². The van der Waals surface area contributed by atoms with E-state index in [-0.39, 0.29) is 16.7 Å². The lowest BCUT2D eigenvalue weighted by Crippen LogP contribution is -2.51. The van der Waals surface area contributed by atoms with E-state index in [1.54, 1.807) is 0 Å². The van der Waals surface area contributed by atoms with E-state index in [0.717, 1.165) is 12.8 Å². The van der Waals surface area contributed by atoms with E-state index in [1.165, 1.54) is 6.42 Å². The average Bonchev–Trinajstić information content (AvgIpc) is 2.36. The highest BCUT2D eigenvalue weighted by atomic mass is 35.5. The molecule has 2 fully saturated rings. The zero-order valence-corrected chi connectivity index (χ0v) is 9.82. The molecule has 3 atom stereocenters. The number of halogens is 1.